The molecule has 5 rings (SSSR count). The summed E-state index contributed by atoms with van der Waals surface area (Å²) in [7, 11) is 0. The van der Waals surface area contributed by atoms with Gasteiger partial charge in [0, 0.05) is 11.4 Å². The highest BCUT2D eigenvalue weighted by Gasteiger charge is 2.35. The Balaban J connectivity index is 1.28. The van der Waals surface area contributed by atoms with Gasteiger partial charge in [0.25, 0.3) is 5.91 Å². The molecule has 0 bridgehead atoms. The van der Waals surface area contributed by atoms with Crippen molar-refractivity contribution < 1.29 is 18.7 Å². The van der Waals surface area contributed by atoms with Crippen molar-refractivity contribution in [2.45, 2.75) is 19.0 Å². The molecule has 1 aliphatic heterocycles. The van der Waals surface area contributed by atoms with Crippen LogP contribution in [-0.4, -0.2) is 38.8 Å². The van der Waals surface area contributed by atoms with Crippen LogP contribution in [0.3, 0.4) is 0 Å². The van der Waals surface area contributed by atoms with Crippen LogP contribution in [0.1, 0.15) is 23.8 Å². The number of para-hydroxylation sites is 2. The van der Waals surface area contributed by atoms with Gasteiger partial charge in [-0.25, -0.2) is 9.99 Å². The molecule has 2 aromatic heterocycles. The third-order valence-corrected chi connectivity index (χ3v) is 5.65. The van der Waals surface area contributed by atoms with Crippen molar-refractivity contribution in [3.05, 3.63) is 89.6 Å². The van der Waals surface area contributed by atoms with Gasteiger partial charge in [0.1, 0.15) is 18.3 Å². The number of furan rings is 1. The minimum absolute atomic E-state index is 0.0469. The van der Waals surface area contributed by atoms with E-state index in [1.165, 1.54) is 5.01 Å². The average Bonchev–Trinajstić information content (AvgIpc) is 3.58. The number of fused-ring (bicyclic) bond motifs is 1. The molecule has 0 N–H and O–H groups in total. The lowest BCUT2D eigenvalue weighted by molar-refractivity contribution is -0.153. The van der Waals surface area contributed by atoms with Crippen LogP contribution >= 0.6 is 11.6 Å². The molecule has 3 heterocycles. The summed E-state index contributed by atoms with van der Waals surface area (Å²) in [5, 5.41) is 6.45. The van der Waals surface area contributed by atoms with Crippen molar-refractivity contribution in [3.63, 3.8) is 0 Å². The van der Waals surface area contributed by atoms with E-state index >= 15 is 0 Å². The summed E-state index contributed by atoms with van der Waals surface area (Å²) < 4.78 is 12.5. The SMILES string of the molecule is O=C(Cn1cnc2ccccc21)OCC(=O)N1N=C(c2ccc(Cl)cc2)C[C@@H]1c1ccco1. The fraction of sp³-hybridized carbons (Fsp3) is 0.167. The van der Waals surface area contributed by atoms with Crippen LogP contribution in [0.25, 0.3) is 11.0 Å². The second-order valence-electron chi connectivity index (χ2n) is 7.55. The van der Waals surface area contributed by atoms with E-state index in [2.05, 4.69) is 10.1 Å². The quantitative estimate of drug-likeness (QED) is 0.400. The molecule has 0 aliphatic carbocycles. The van der Waals surface area contributed by atoms with Crippen LogP contribution in [0.5, 0.6) is 0 Å². The zero-order chi connectivity index (χ0) is 22.8. The minimum atomic E-state index is -0.540. The molecular weight excluding hydrogens is 444 g/mol. The van der Waals surface area contributed by atoms with Gasteiger partial charge < -0.3 is 13.7 Å². The van der Waals surface area contributed by atoms with Crippen molar-refractivity contribution >= 4 is 40.2 Å². The first-order valence-corrected chi connectivity index (χ1v) is 10.7. The normalized spacial score (nSPS) is 15.6. The van der Waals surface area contributed by atoms with Gasteiger partial charge in [-0.05, 0) is 42.0 Å². The van der Waals surface area contributed by atoms with Gasteiger partial charge in [0.2, 0.25) is 0 Å². The number of ether oxygens (including phenoxy) is 1. The maximum atomic E-state index is 13.0. The van der Waals surface area contributed by atoms with E-state index in [4.69, 9.17) is 20.8 Å². The highest BCUT2D eigenvalue weighted by atomic mass is 35.5. The zero-order valence-corrected chi connectivity index (χ0v) is 18.2. The van der Waals surface area contributed by atoms with Gasteiger partial charge in [-0.1, -0.05) is 35.9 Å². The largest absolute Gasteiger partial charge is 0.467 e. The molecule has 0 spiro atoms. The molecule has 0 unspecified atom stereocenters. The minimum Gasteiger partial charge on any atom is -0.467 e. The van der Waals surface area contributed by atoms with Gasteiger partial charge in [-0.2, -0.15) is 5.10 Å². The predicted molar refractivity (Wildman–Crippen MR) is 122 cm³/mol. The van der Waals surface area contributed by atoms with Crippen molar-refractivity contribution in [2.75, 3.05) is 6.61 Å². The summed E-state index contributed by atoms with van der Waals surface area (Å²) in [6, 6.07) is 17.8. The first kappa shape index (κ1) is 21.0. The highest BCUT2D eigenvalue weighted by Crippen LogP contribution is 2.33. The Morgan fingerprint density at radius 2 is 1.91 bits per heavy atom. The van der Waals surface area contributed by atoms with E-state index in [-0.39, 0.29) is 6.54 Å². The number of carbonyl (C=O) groups is 2. The first-order valence-electron chi connectivity index (χ1n) is 10.3. The number of hydrazone groups is 1. The number of halogens is 1. The molecule has 33 heavy (non-hydrogen) atoms. The number of benzene rings is 2. The van der Waals surface area contributed by atoms with Crippen molar-refractivity contribution in [1.82, 2.24) is 14.6 Å². The number of nitrogens with zero attached hydrogens (tertiary/aromatic N) is 4. The average molecular weight is 463 g/mol. The number of hydrogen-bond donors (Lipinski definition) is 0. The van der Waals surface area contributed by atoms with Crippen LogP contribution in [0.4, 0.5) is 0 Å². The summed E-state index contributed by atoms with van der Waals surface area (Å²) in [6.07, 6.45) is 3.59. The Bertz CT molecular complexity index is 1330. The number of imidazole rings is 1. The van der Waals surface area contributed by atoms with Gasteiger partial charge >= 0.3 is 5.97 Å². The Kier molecular flexibility index (Phi) is 5.66. The molecule has 0 radical (unpaired) electrons. The molecule has 0 fully saturated rings. The molecular formula is C24H19ClN4O4. The number of aromatic nitrogens is 2. The number of carbonyl (C=O) groups excluding carboxylic acids is 2. The Hall–Kier alpha value is -3.91. The summed E-state index contributed by atoms with van der Waals surface area (Å²) in [6.45, 7) is -0.477. The van der Waals surface area contributed by atoms with Gasteiger partial charge in [-0.3, -0.25) is 9.59 Å². The number of hydrogen-bond acceptors (Lipinski definition) is 6. The van der Waals surface area contributed by atoms with Crippen LogP contribution in [-0.2, 0) is 20.9 Å². The Morgan fingerprint density at radius 1 is 1.09 bits per heavy atom. The maximum Gasteiger partial charge on any atom is 0.326 e. The second kappa shape index (κ2) is 8.91. The van der Waals surface area contributed by atoms with E-state index in [1.807, 2.05) is 36.4 Å². The molecule has 1 amide bonds. The van der Waals surface area contributed by atoms with Crippen LogP contribution < -0.4 is 0 Å². The smallest absolute Gasteiger partial charge is 0.326 e. The predicted octanol–water partition coefficient (Wildman–Crippen LogP) is 4.20. The molecule has 2 aromatic carbocycles. The standard InChI is InChI=1S/C24H19ClN4O4/c25-17-9-7-16(8-10-17)19-12-21(22-6-3-11-32-22)29(27-19)23(30)14-33-24(31)13-28-15-26-18-4-1-2-5-20(18)28/h1-11,15,21H,12-14H2/t21-/m1/s1. The third kappa shape index (κ3) is 4.38. The molecule has 0 saturated carbocycles. The van der Waals surface area contributed by atoms with E-state index in [0.29, 0.717) is 17.2 Å². The van der Waals surface area contributed by atoms with Gasteiger partial charge in [0.15, 0.2) is 6.61 Å². The molecule has 9 heteroatoms. The van der Waals surface area contributed by atoms with Crippen molar-refractivity contribution in [1.29, 1.82) is 0 Å². The Labute approximate surface area is 194 Å². The van der Waals surface area contributed by atoms with Crippen LogP contribution in [0, 0.1) is 0 Å². The lowest BCUT2D eigenvalue weighted by Gasteiger charge is -2.19. The monoisotopic (exact) mass is 462 g/mol. The van der Waals surface area contributed by atoms with E-state index in [1.54, 1.807) is 41.4 Å². The number of esters is 1. The van der Waals surface area contributed by atoms with Crippen LogP contribution in [0.15, 0.2) is 82.8 Å². The fourth-order valence-corrected chi connectivity index (χ4v) is 3.91. The molecule has 1 atom stereocenters. The summed E-state index contributed by atoms with van der Waals surface area (Å²) in [5.74, 6) is -0.376. The summed E-state index contributed by atoms with van der Waals surface area (Å²) in [5.41, 5.74) is 3.17. The molecule has 4 aromatic rings. The third-order valence-electron chi connectivity index (χ3n) is 5.40. The highest BCUT2D eigenvalue weighted by molar-refractivity contribution is 6.30. The number of amides is 1. The fourth-order valence-electron chi connectivity index (χ4n) is 3.79. The topological polar surface area (TPSA) is 89.9 Å². The first-order chi connectivity index (χ1) is 16.1. The van der Waals surface area contributed by atoms with E-state index in [9.17, 15) is 9.59 Å². The zero-order valence-electron chi connectivity index (χ0n) is 17.4. The van der Waals surface area contributed by atoms with E-state index in [0.717, 1.165) is 22.3 Å². The summed E-state index contributed by atoms with van der Waals surface area (Å²) in [4.78, 5) is 29.6. The van der Waals surface area contributed by atoms with Crippen molar-refractivity contribution in [2.24, 2.45) is 5.10 Å². The molecule has 166 valence electrons. The van der Waals surface area contributed by atoms with Gasteiger partial charge in [-0.15, -0.1) is 0 Å². The van der Waals surface area contributed by atoms with Gasteiger partial charge in [0.05, 0.1) is 29.3 Å². The molecule has 1 aliphatic rings. The van der Waals surface area contributed by atoms with Crippen LogP contribution in [0.2, 0.25) is 5.02 Å². The maximum absolute atomic E-state index is 13.0. The van der Waals surface area contributed by atoms with Crippen molar-refractivity contribution in [3.8, 4) is 0 Å². The lowest BCUT2D eigenvalue weighted by atomic mass is 10.0. The second-order valence-corrected chi connectivity index (χ2v) is 7.99. The lowest BCUT2D eigenvalue weighted by Crippen LogP contribution is -2.31. The number of rotatable bonds is 6. The Morgan fingerprint density at radius 3 is 2.70 bits per heavy atom. The molecule has 8 nitrogen and oxygen atoms in total. The summed E-state index contributed by atoms with van der Waals surface area (Å²) >= 11 is 5.99. The molecule has 0 saturated heterocycles. The van der Waals surface area contributed by atoms with E-state index < -0.39 is 24.5 Å².